The smallest absolute Gasteiger partial charge is 0.219 e. The van der Waals surface area contributed by atoms with E-state index in [0.717, 1.165) is 5.56 Å². The Morgan fingerprint density at radius 3 is 2.88 bits per heavy atom. The van der Waals surface area contributed by atoms with E-state index in [9.17, 15) is 4.39 Å². The molecule has 0 radical (unpaired) electrons. The molecule has 0 atom stereocenters. The molecule has 0 spiro atoms. The average molecular weight is 272 g/mol. The van der Waals surface area contributed by atoms with Crippen LogP contribution in [0.4, 0.5) is 4.39 Å². The van der Waals surface area contributed by atoms with Gasteiger partial charge < -0.3 is 4.74 Å². The summed E-state index contributed by atoms with van der Waals surface area (Å²) in [7, 11) is 0. The summed E-state index contributed by atoms with van der Waals surface area (Å²) in [6, 6.07) is 7.94. The lowest BCUT2D eigenvalue weighted by molar-refractivity contribution is 0.427. The normalized spacial score (nSPS) is 10.3. The molecule has 0 fully saturated rings. The molecule has 1 aromatic carbocycles. The number of rotatable bonds is 3. The molecule has 0 amide bonds. The lowest BCUT2D eigenvalue weighted by atomic mass is 10.3. The summed E-state index contributed by atoms with van der Waals surface area (Å²) in [6.45, 7) is 0. The van der Waals surface area contributed by atoms with Crippen molar-refractivity contribution in [2.45, 2.75) is 5.88 Å². The summed E-state index contributed by atoms with van der Waals surface area (Å²) in [5.41, 5.74) is 0.846. The number of hydrogen-bond acceptors (Lipinski definition) is 2. The van der Waals surface area contributed by atoms with Crippen molar-refractivity contribution in [2.24, 2.45) is 0 Å². The molecule has 2 rings (SSSR count). The Hall–Kier alpha value is -1.32. The molecule has 0 saturated carbocycles. The van der Waals surface area contributed by atoms with E-state index < -0.39 is 5.82 Å². The summed E-state index contributed by atoms with van der Waals surface area (Å²) in [4.78, 5) is 3.96. The standard InChI is InChI=1S/C12H8Cl2FNO/c13-7-8-4-5-16-11(6-8)17-10-3-1-2-9(14)12(10)15/h1-6H,7H2. The van der Waals surface area contributed by atoms with Gasteiger partial charge in [0.05, 0.1) is 5.02 Å². The molecule has 0 bridgehead atoms. The van der Waals surface area contributed by atoms with Gasteiger partial charge in [0.2, 0.25) is 5.88 Å². The predicted octanol–water partition coefficient (Wildman–Crippen LogP) is 4.41. The van der Waals surface area contributed by atoms with Crippen LogP contribution in [-0.4, -0.2) is 4.98 Å². The molecular weight excluding hydrogens is 264 g/mol. The van der Waals surface area contributed by atoms with Crippen molar-refractivity contribution in [2.75, 3.05) is 0 Å². The number of halogens is 3. The van der Waals surface area contributed by atoms with Crippen LogP contribution in [0.2, 0.25) is 5.02 Å². The van der Waals surface area contributed by atoms with E-state index in [4.69, 9.17) is 27.9 Å². The van der Waals surface area contributed by atoms with Crippen LogP contribution >= 0.6 is 23.2 Å². The quantitative estimate of drug-likeness (QED) is 0.772. The highest BCUT2D eigenvalue weighted by atomic mass is 35.5. The third-order valence-electron chi connectivity index (χ3n) is 2.08. The van der Waals surface area contributed by atoms with Gasteiger partial charge in [0.25, 0.3) is 0 Å². The van der Waals surface area contributed by atoms with E-state index in [1.165, 1.54) is 12.1 Å². The summed E-state index contributed by atoms with van der Waals surface area (Å²) in [6.07, 6.45) is 1.55. The monoisotopic (exact) mass is 271 g/mol. The minimum atomic E-state index is -0.604. The van der Waals surface area contributed by atoms with Crippen molar-refractivity contribution in [1.29, 1.82) is 0 Å². The first-order valence-electron chi connectivity index (χ1n) is 4.83. The fraction of sp³-hybridized carbons (Fsp3) is 0.0833. The minimum Gasteiger partial charge on any atom is -0.436 e. The van der Waals surface area contributed by atoms with Gasteiger partial charge in [-0.1, -0.05) is 17.7 Å². The predicted molar refractivity (Wildman–Crippen MR) is 65.3 cm³/mol. The zero-order valence-electron chi connectivity index (χ0n) is 8.66. The maximum Gasteiger partial charge on any atom is 0.219 e. The molecule has 1 heterocycles. The van der Waals surface area contributed by atoms with Gasteiger partial charge in [0.15, 0.2) is 11.6 Å². The van der Waals surface area contributed by atoms with Crippen molar-refractivity contribution >= 4 is 23.2 Å². The summed E-state index contributed by atoms with van der Waals surface area (Å²) >= 11 is 11.3. The van der Waals surface area contributed by atoms with E-state index in [-0.39, 0.29) is 16.7 Å². The molecular formula is C12H8Cl2FNO. The van der Waals surface area contributed by atoms with Crippen LogP contribution < -0.4 is 4.74 Å². The zero-order chi connectivity index (χ0) is 12.3. The number of nitrogens with zero attached hydrogens (tertiary/aromatic N) is 1. The average Bonchev–Trinajstić information content (AvgIpc) is 2.35. The van der Waals surface area contributed by atoms with E-state index in [1.54, 1.807) is 24.4 Å². The molecule has 0 saturated heterocycles. The Morgan fingerprint density at radius 1 is 1.29 bits per heavy atom. The first-order chi connectivity index (χ1) is 8.20. The Balaban J connectivity index is 2.28. The second kappa shape index (κ2) is 5.34. The van der Waals surface area contributed by atoms with Gasteiger partial charge in [0.1, 0.15) is 0 Å². The Kier molecular flexibility index (Phi) is 3.82. The second-order valence-corrected chi connectivity index (χ2v) is 3.96. The number of pyridine rings is 1. The highest BCUT2D eigenvalue weighted by molar-refractivity contribution is 6.30. The first-order valence-corrected chi connectivity index (χ1v) is 5.74. The fourth-order valence-corrected chi connectivity index (χ4v) is 1.60. The third-order valence-corrected chi connectivity index (χ3v) is 2.68. The van der Waals surface area contributed by atoms with Crippen LogP contribution in [0, 0.1) is 5.82 Å². The number of aromatic nitrogens is 1. The molecule has 0 aliphatic carbocycles. The summed E-state index contributed by atoms with van der Waals surface area (Å²) in [5, 5.41) is 0.0102. The van der Waals surface area contributed by atoms with Gasteiger partial charge >= 0.3 is 0 Å². The van der Waals surface area contributed by atoms with Crippen molar-refractivity contribution in [1.82, 2.24) is 4.98 Å². The van der Waals surface area contributed by atoms with Crippen molar-refractivity contribution in [3.63, 3.8) is 0 Å². The lowest BCUT2D eigenvalue weighted by Crippen LogP contribution is -1.92. The van der Waals surface area contributed by atoms with Crippen LogP contribution in [0.5, 0.6) is 11.6 Å². The van der Waals surface area contributed by atoms with Gasteiger partial charge in [0, 0.05) is 18.1 Å². The van der Waals surface area contributed by atoms with Crippen LogP contribution in [0.1, 0.15) is 5.56 Å². The van der Waals surface area contributed by atoms with Crippen LogP contribution in [0.15, 0.2) is 36.5 Å². The molecule has 2 aromatic rings. The largest absolute Gasteiger partial charge is 0.436 e. The molecule has 0 aliphatic rings. The van der Waals surface area contributed by atoms with Crippen molar-refractivity contribution < 1.29 is 9.13 Å². The van der Waals surface area contributed by atoms with Gasteiger partial charge in [-0.25, -0.2) is 9.37 Å². The topological polar surface area (TPSA) is 22.1 Å². The van der Waals surface area contributed by atoms with E-state index >= 15 is 0 Å². The van der Waals surface area contributed by atoms with Crippen molar-refractivity contribution in [3.8, 4) is 11.6 Å². The molecule has 5 heteroatoms. The number of ether oxygens (including phenoxy) is 1. The third kappa shape index (κ3) is 2.87. The number of alkyl halides is 1. The second-order valence-electron chi connectivity index (χ2n) is 3.29. The molecule has 0 unspecified atom stereocenters. The van der Waals surface area contributed by atoms with E-state index in [0.29, 0.717) is 5.88 Å². The highest BCUT2D eigenvalue weighted by Gasteiger charge is 2.09. The van der Waals surface area contributed by atoms with Crippen LogP contribution in [-0.2, 0) is 5.88 Å². The van der Waals surface area contributed by atoms with Crippen LogP contribution in [0.25, 0.3) is 0 Å². The Labute approximate surface area is 108 Å². The Morgan fingerprint density at radius 2 is 2.12 bits per heavy atom. The first kappa shape index (κ1) is 12.1. The molecule has 2 nitrogen and oxygen atoms in total. The van der Waals surface area contributed by atoms with Crippen LogP contribution in [0.3, 0.4) is 0 Å². The number of benzene rings is 1. The fourth-order valence-electron chi connectivity index (χ4n) is 1.26. The van der Waals surface area contributed by atoms with E-state index in [1.807, 2.05) is 0 Å². The highest BCUT2D eigenvalue weighted by Crippen LogP contribution is 2.28. The molecule has 17 heavy (non-hydrogen) atoms. The van der Waals surface area contributed by atoms with E-state index in [2.05, 4.69) is 4.98 Å². The van der Waals surface area contributed by atoms with Gasteiger partial charge in [-0.15, -0.1) is 11.6 Å². The van der Waals surface area contributed by atoms with Gasteiger partial charge in [-0.05, 0) is 23.8 Å². The zero-order valence-corrected chi connectivity index (χ0v) is 10.2. The molecule has 0 N–H and O–H groups in total. The molecule has 88 valence electrons. The van der Waals surface area contributed by atoms with Gasteiger partial charge in [-0.3, -0.25) is 0 Å². The minimum absolute atomic E-state index is 0.0102. The molecule has 1 aromatic heterocycles. The number of hydrogen-bond donors (Lipinski definition) is 0. The van der Waals surface area contributed by atoms with Crippen molar-refractivity contribution in [3.05, 3.63) is 52.9 Å². The maximum absolute atomic E-state index is 13.6. The molecule has 0 aliphatic heterocycles. The van der Waals surface area contributed by atoms with Gasteiger partial charge in [-0.2, -0.15) is 0 Å². The summed E-state index contributed by atoms with van der Waals surface area (Å²) < 4.78 is 18.9. The Bertz CT molecular complexity index is 534. The maximum atomic E-state index is 13.6. The SMILES string of the molecule is Fc1c(Cl)cccc1Oc1cc(CCl)ccn1. The lowest BCUT2D eigenvalue weighted by Gasteiger charge is -2.07. The summed E-state index contributed by atoms with van der Waals surface area (Å²) in [5.74, 6) is 0.0602.